The van der Waals surface area contributed by atoms with Gasteiger partial charge in [-0.25, -0.2) is 13.6 Å². The van der Waals surface area contributed by atoms with E-state index in [9.17, 15) is 18.4 Å². The number of nitrogens with zero attached hydrogens (tertiary/aromatic N) is 1. The van der Waals surface area contributed by atoms with Crippen molar-refractivity contribution in [3.63, 3.8) is 0 Å². The molecule has 0 aliphatic heterocycles. The first-order valence-corrected chi connectivity index (χ1v) is 9.30. The summed E-state index contributed by atoms with van der Waals surface area (Å²) in [6.45, 7) is 5.06. The molecule has 0 fully saturated rings. The van der Waals surface area contributed by atoms with Gasteiger partial charge in [-0.2, -0.15) is 0 Å². The minimum atomic E-state index is -1.10. The fourth-order valence-corrected chi connectivity index (χ4v) is 2.77. The van der Waals surface area contributed by atoms with Gasteiger partial charge in [-0.05, 0) is 62.7 Å². The molecule has 0 bridgehead atoms. The van der Waals surface area contributed by atoms with Gasteiger partial charge in [0.25, 0.3) is 0 Å². The molecule has 0 saturated heterocycles. The van der Waals surface area contributed by atoms with Crippen LogP contribution in [0.5, 0.6) is 0 Å². The van der Waals surface area contributed by atoms with Crippen LogP contribution in [0.2, 0.25) is 5.02 Å². The Morgan fingerprint density at radius 2 is 1.66 bits per heavy atom. The van der Waals surface area contributed by atoms with Gasteiger partial charge < -0.3 is 15.0 Å². The first-order chi connectivity index (χ1) is 13.4. The second-order valence-corrected chi connectivity index (χ2v) is 7.99. The van der Waals surface area contributed by atoms with Gasteiger partial charge in [0.15, 0.2) is 0 Å². The number of amides is 2. The molecule has 156 valence electrons. The Kier molecular flexibility index (Phi) is 7.19. The van der Waals surface area contributed by atoms with Crippen molar-refractivity contribution < 1.29 is 23.1 Å². The number of ether oxygens (including phenoxy) is 1. The van der Waals surface area contributed by atoms with E-state index in [0.29, 0.717) is 10.7 Å². The molecule has 0 spiro atoms. The van der Waals surface area contributed by atoms with Crippen LogP contribution in [0.15, 0.2) is 42.5 Å². The van der Waals surface area contributed by atoms with E-state index in [2.05, 4.69) is 5.32 Å². The Bertz CT molecular complexity index is 862. The molecule has 0 saturated carbocycles. The highest BCUT2D eigenvalue weighted by molar-refractivity contribution is 6.30. The van der Waals surface area contributed by atoms with Gasteiger partial charge in [-0.3, -0.25) is 4.79 Å². The van der Waals surface area contributed by atoms with Crippen molar-refractivity contribution in [1.82, 2.24) is 5.32 Å². The number of benzene rings is 2. The van der Waals surface area contributed by atoms with E-state index in [1.165, 1.54) is 11.9 Å². The molecule has 0 aromatic heterocycles. The number of rotatable bonds is 5. The molecular weight excluding hydrogens is 402 g/mol. The minimum Gasteiger partial charge on any atom is -0.444 e. The summed E-state index contributed by atoms with van der Waals surface area (Å²) in [5, 5.41) is 3.01. The van der Waals surface area contributed by atoms with Crippen LogP contribution in [0.25, 0.3) is 0 Å². The average molecular weight is 425 g/mol. The summed E-state index contributed by atoms with van der Waals surface area (Å²) in [7, 11) is 1.53. The summed E-state index contributed by atoms with van der Waals surface area (Å²) in [5.41, 5.74) is -0.00714. The summed E-state index contributed by atoms with van der Waals surface area (Å²) in [4.78, 5) is 26.6. The van der Waals surface area contributed by atoms with Gasteiger partial charge in [0.05, 0.1) is 0 Å². The van der Waals surface area contributed by atoms with Crippen molar-refractivity contribution in [1.29, 1.82) is 0 Å². The minimum absolute atomic E-state index is 0.120. The van der Waals surface area contributed by atoms with E-state index in [4.69, 9.17) is 16.3 Å². The zero-order chi connectivity index (χ0) is 21.8. The maximum absolute atomic E-state index is 13.6. The van der Waals surface area contributed by atoms with E-state index in [1.807, 2.05) is 0 Å². The van der Waals surface area contributed by atoms with E-state index < -0.39 is 35.3 Å². The lowest BCUT2D eigenvalue weighted by Gasteiger charge is -2.26. The van der Waals surface area contributed by atoms with E-state index in [1.54, 1.807) is 45.0 Å². The zero-order valence-electron chi connectivity index (χ0n) is 16.6. The molecule has 0 unspecified atom stereocenters. The van der Waals surface area contributed by atoms with Crippen LogP contribution in [0, 0.1) is 11.6 Å². The number of hydrogen-bond donors (Lipinski definition) is 1. The lowest BCUT2D eigenvalue weighted by Crippen LogP contribution is -2.50. The molecule has 2 amide bonds. The maximum atomic E-state index is 13.6. The summed E-state index contributed by atoms with van der Waals surface area (Å²) in [6.07, 6.45) is -0.928. The predicted molar refractivity (Wildman–Crippen MR) is 108 cm³/mol. The number of anilines is 1. The van der Waals surface area contributed by atoms with Crippen molar-refractivity contribution in [2.24, 2.45) is 0 Å². The third-order valence-electron chi connectivity index (χ3n) is 3.90. The molecule has 0 heterocycles. The van der Waals surface area contributed by atoms with Crippen LogP contribution in [0.1, 0.15) is 26.3 Å². The van der Waals surface area contributed by atoms with Gasteiger partial charge in [0.2, 0.25) is 5.91 Å². The molecule has 29 heavy (non-hydrogen) atoms. The first-order valence-electron chi connectivity index (χ1n) is 8.92. The SMILES string of the molecule is CN(C(=O)[C@H](Cc1cc(F)cc(F)c1)NC(=O)OC(C)(C)C)c1ccc(Cl)cc1. The summed E-state index contributed by atoms with van der Waals surface area (Å²) in [6, 6.07) is 8.40. The van der Waals surface area contributed by atoms with Crippen molar-refractivity contribution >= 4 is 29.3 Å². The maximum Gasteiger partial charge on any atom is 0.408 e. The number of nitrogens with one attached hydrogen (secondary N) is 1. The van der Waals surface area contributed by atoms with Gasteiger partial charge in [-0.15, -0.1) is 0 Å². The van der Waals surface area contributed by atoms with Gasteiger partial charge >= 0.3 is 6.09 Å². The van der Waals surface area contributed by atoms with Crippen molar-refractivity contribution in [3.8, 4) is 0 Å². The molecule has 0 aliphatic carbocycles. The van der Waals surface area contributed by atoms with Crippen molar-refractivity contribution in [2.75, 3.05) is 11.9 Å². The normalized spacial score (nSPS) is 12.2. The lowest BCUT2D eigenvalue weighted by atomic mass is 10.0. The third kappa shape index (κ3) is 7.02. The van der Waals surface area contributed by atoms with Crippen molar-refractivity contribution in [2.45, 2.75) is 38.8 Å². The van der Waals surface area contributed by atoms with Crippen LogP contribution in [0.4, 0.5) is 19.3 Å². The Morgan fingerprint density at radius 1 is 1.10 bits per heavy atom. The Balaban J connectivity index is 2.27. The Hall–Kier alpha value is -2.67. The average Bonchev–Trinajstić information content (AvgIpc) is 2.58. The summed E-state index contributed by atoms with van der Waals surface area (Å²) < 4.78 is 32.4. The smallest absolute Gasteiger partial charge is 0.408 e. The van der Waals surface area contributed by atoms with E-state index in [0.717, 1.165) is 18.2 Å². The van der Waals surface area contributed by atoms with Crippen LogP contribution in [-0.4, -0.2) is 30.7 Å². The monoisotopic (exact) mass is 424 g/mol. The first kappa shape index (κ1) is 22.6. The fraction of sp³-hybridized carbons (Fsp3) is 0.333. The number of alkyl carbamates (subject to hydrolysis) is 1. The fourth-order valence-electron chi connectivity index (χ4n) is 2.64. The summed E-state index contributed by atoms with van der Waals surface area (Å²) in [5.74, 6) is -2.02. The third-order valence-corrected chi connectivity index (χ3v) is 4.15. The molecule has 1 atom stereocenters. The molecule has 2 aromatic carbocycles. The molecule has 2 rings (SSSR count). The van der Waals surface area contributed by atoms with Crippen molar-refractivity contribution in [3.05, 3.63) is 64.7 Å². The number of carbonyl (C=O) groups excluding carboxylic acids is 2. The number of carbonyl (C=O) groups is 2. The van der Waals surface area contributed by atoms with Crippen LogP contribution in [-0.2, 0) is 16.0 Å². The number of likely N-dealkylation sites (N-methyl/N-ethyl adjacent to an activating group) is 1. The summed E-state index contributed by atoms with van der Waals surface area (Å²) >= 11 is 5.88. The zero-order valence-corrected chi connectivity index (χ0v) is 17.4. The van der Waals surface area contributed by atoms with E-state index >= 15 is 0 Å². The second-order valence-electron chi connectivity index (χ2n) is 7.55. The predicted octanol–water partition coefficient (Wildman–Crippen LogP) is 4.72. The standard InChI is InChI=1S/C21H23ClF2N2O3/c1-21(2,3)29-20(28)25-18(11-13-9-15(23)12-16(24)10-13)19(27)26(4)17-7-5-14(22)6-8-17/h5-10,12,18H,11H2,1-4H3,(H,25,28)/t18-/m0/s1. The Morgan fingerprint density at radius 3 is 2.17 bits per heavy atom. The van der Waals surface area contributed by atoms with Crippen LogP contribution >= 0.6 is 11.6 Å². The molecule has 1 N–H and O–H groups in total. The van der Waals surface area contributed by atoms with Gasteiger partial charge in [0, 0.05) is 30.2 Å². The molecule has 0 radical (unpaired) electrons. The van der Waals surface area contributed by atoms with Gasteiger partial charge in [0.1, 0.15) is 23.3 Å². The van der Waals surface area contributed by atoms with E-state index in [-0.39, 0.29) is 12.0 Å². The number of hydrogen-bond acceptors (Lipinski definition) is 3. The Labute approximate surface area is 173 Å². The molecule has 0 aliphatic rings. The molecule has 2 aromatic rings. The second kappa shape index (κ2) is 9.22. The van der Waals surface area contributed by atoms with Crippen LogP contribution < -0.4 is 10.2 Å². The highest BCUT2D eigenvalue weighted by atomic mass is 35.5. The topological polar surface area (TPSA) is 58.6 Å². The molecule has 8 heteroatoms. The quantitative estimate of drug-likeness (QED) is 0.755. The largest absolute Gasteiger partial charge is 0.444 e. The number of halogens is 3. The van der Waals surface area contributed by atoms with Crippen LogP contribution in [0.3, 0.4) is 0 Å². The highest BCUT2D eigenvalue weighted by Crippen LogP contribution is 2.19. The molecule has 5 nitrogen and oxygen atoms in total. The highest BCUT2D eigenvalue weighted by Gasteiger charge is 2.28. The lowest BCUT2D eigenvalue weighted by molar-refractivity contribution is -0.120. The van der Waals surface area contributed by atoms with Gasteiger partial charge in [-0.1, -0.05) is 11.6 Å². The molecular formula is C21H23ClF2N2O3.